The van der Waals surface area contributed by atoms with E-state index >= 15 is 0 Å². The number of hydrogen-bond acceptors (Lipinski definition) is 3. The van der Waals surface area contributed by atoms with E-state index in [1.165, 1.54) is 0 Å². The molecule has 0 bridgehead atoms. The van der Waals surface area contributed by atoms with Crippen molar-refractivity contribution in [3.05, 3.63) is 35.9 Å². The Morgan fingerprint density at radius 1 is 1.30 bits per heavy atom. The first-order valence-electron chi connectivity index (χ1n) is 6.99. The summed E-state index contributed by atoms with van der Waals surface area (Å²) in [5.74, 6) is -0.966. The van der Waals surface area contributed by atoms with Crippen molar-refractivity contribution in [1.82, 2.24) is 5.32 Å². The molecule has 0 saturated heterocycles. The molecule has 108 valence electrons. The highest BCUT2D eigenvalue weighted by Gasteiger charge is 2.18. The van der Waals surface area contributed by atoms with Crippen LogP contribution in [0.4, 0.5) is 0 Å². The van der Waals surface area contributed by atoms with Crippen molar-refractivity contribution in [3.8, 4) is 6.07 Å². The third-order valence-corrected chi connectivity index (χ3v) is 2.85. The fourth-order valence-electron chi connectivity index (χ4n) is 1.79. The van der Waals surface area contributed by atoms with Crippen LogP contribution in [-0.4, -0.2) is 25.2 Å². The Labute approximate surface area is 120 Å². The summed E-state index contributed by atoms with van der Waals surface area (Å²) in [7, 11) is 0. The smallest absolute Gasteiger partial charge is 0.241 e. The molecule has 0 spiro atoms. The van der Waals surface area contributed by atoms with E-state index in [9.17, 15) is 4.79 Å². The molecule has 1 aromatic carbocycles. The fourth-order valence-corrected chi connectivity index (χ4v) is 1.79. The Balaban J connectivity index is 2.30. The van der Waals surface area contributed by atoms with Gasteiger partial charge in [0.05, 0.1) is 12.2 Å². The minimum absolute atomic E-state index is 0.233. The van der Waals surface area contributed by atoms with Crippen LogP contribution in [-0.2, 0) is 9.53 Å². The number of nitrogens with one attached hydrogen (secondary N) is 1. The van der Waals surface area contributed by atoms with Gasteiger partial charge in [-0.3, -0.25) is 4.79 Å². The number of nitriles is 1. The number of carbonyl (C=O) groups is 1. The third-order valence-electron chi connectivity index (χ3n) is 2.85. The zero-order chi connectivity index (χ0) is 14.8. The molecule has 1 amide bonds. The molecule has 0 saturated carbocycles. The van der Waals surface area contributed by atoms with Crippen LogP contribution in [0.25, 0.3) is 0 Å². The van der Waals surface area contributed by atoms with Gasteiger partial charge in [0.15, 0.2) is 0 Å². The van der Waals surface area contributed by atoms with Crippen LogP contribution in [0.2, 0.25) is 0 Å². The minimum Gasteiger partial charge on any atom is -0.379 e. The van der Waals surface area contributed by atoms with Crippen molar-refractivity contribution in [2.24, 2.45) is 0 Å². The molecule has 4 nitrogen and oxygen atoms in total. The topological polar surface area (TPSA) is 62.1 Å². The lowest BCUT2D eigenvalue weighted by Crippen LogP contribution is -2.29. The molecule has 0 aromatic heterocycles. The Hall–Kier alpha value is -1.86. The van der Waals surface area contributed by atoms with Crippen LogP contribution in [0.1, 0.15) is 38.2 Å². The van der Waals surface area contributed by atoms with Crippen molar-refractivity contribution in [2.45, 2.75) is 38.7 Å². The molecular weight excluding hydrogens is 252 g/mol. The van der Waals surface area contributed by atoms with Crippen molar-refractivity contribution < 1.29 is 9.53 Å². The van der Waals surface area contributed by atoms with Gasteiger partial charge in [0.1, 0.15) is 5.92 Å². The van der Waals surface area contributed by atoms with Crippen molar-refractivity contribution in [3.63, 3.8) is 0 Å². The lowest BCUT2D eigenvalue weighted by atomic mass is 10.00. The number of unbranched alkanes of at least 4 members (excludes halogenated alkanes) is 1. The van der Waals surface area contributed by atoms with Crippen LogP contribution >= 0.6 is 0 Å². The molecule has 0 radical (unpaired) electrons. The van der Waals surface area contributed by atoms with Crippen LogP contribution < -0.4 is 5.32 Å². The average Bonchev–Trinajstić information content (AvgIpc) is 2.44. The summed E-state index contributed by atoms with van der Waals surface area (Å²) in [6, 6.07) is 11.2. The first kappa shape index (κ1) is 16.2. The van der Waals surface area contributed by atoms with E-state index in [0.717, 1.165) is 18.4 Å². The van der Waals surface area contributed by atoms with E-state index in [1.807, 2.05) is 38.1 Å². The number of amides is 1. The van der Waals surface area contributed by atoms with E-state index in [4.69, 9.17) is 10.00 Å². The molecule has 0 heterocycles. The molecule has 1 unspecified atom stereocenters. The van der Waals surface area contributed by atoms with Crippen LogP contribution in [0.5, 0.6) is 0 Å². The maximum atomic E-state index is 12.0. The predicted octanol–water partition coefficient (Wildman–Crippen LogP) is 2.62. The van der Waals surface area contributed by atoms with E-state index in [1.54, 1.807) is 12.1 Å². The Kier molecular flexibility index (Phi) is 7.38. The summed E-state index contributed by atoms with van der Waals surface area (Å²) < 4.78 is 5.42. The van der Waals surface area contributed by atoms with Gasteiger partial charge in [0.2, 0.25) is 5.91 Å². The average molecular weight is 274 g/mol. The highest BCUT2D eigenvalue weighted by molar-refractivity contribution is 5.86. The first-order valence-corrected chi connectivity index (χ1v) is 6.99. The summed E-state index contributed by atoms with van der Waals surface area (Å²) in [5.41, 5.74) is 0.732. The Morgan fingerprint density at radius 2 is 2.00 bits per heavy atom. The number of ether oxygens (including phenoxy) is 1. The van der Waals surface area contributed by atoms with Crippen molar-refractivity contribution in [2.75, 3.05) is 13.2 Å². The molecule has 4 heteroatoms. The second kappa shape index (κ2) is 9.11. The minimum atomic E-state index is -0.733. The summed E-state index contributed by atoms with van der Waals surface area (Å²) in [4.78, 5) is 12.0. The number of hydrogen-bond donors (Lipinski definition) is 1. The molecule has 0 fully saturated rings. The summed E-state index contributed by atoms with van der Waals surface area (Å²) in [6.07, 6.45) is 2.00. The summed E-state index contributed by atoms with van der Waals surface area (Å²) in [6.45, 7) is 5.28. The second-order valence-electron chi connectivity index (χ2n) is 4.89. The molecule has 0 aliphatic heterocycles. The van der Waals surface area contributed by atoms with Gasteiger partial charge in [0.25, 0.3) is 0 Å². The second-order valence-corrected chi connectivity index (χ2v) is 4.89. The normalized spacial score (nSPS) is 11.9. The van der Waals surface area contributed by atoms with Gasteiger partial charge in [-0.2, -0.15) is 5.26 Å². The lowest BCUT2D eigenvalue weighted by Gasteiger charge is -2.11. The molecule has 1 aromatic rings. The molecule has 1 N–H and O–H groups in total. The van der Waals surface area contributed by atoms with E-state index in [0.29, 0.717) is 13.2 Å². The molecule has 1 rings (SSSR count). The molecule has 0 aliphatic rings. The van der Waals surface area contributed by atoms with Gasteiger partial charge < -0.3 is 10.1 Å². The Bertz CT molecular complexity index is 438. The molecular formula is C16H22N2O2. The standard InChI is InChI=1S/C16H22N2O2/c1-13(2)20-11-7-6-10-18-16(19)15(12-17)14-8-4-3-5-9-14/h3-5,8-9,13,15H,6-7,10-11H2,1-2H3,(H,18,19). The molecule has 1 atom stereocenters. The summed E-state index contributed by atoms with van der Waals surface area (Å²) >= 11 is 0. The molecule has 20 heavy (non-hydrogen) atoms. The maximum Gasteiger partial charge on any atom is 0.241 e. The zero-order valence-electron chi connectivity index (χ0n) is 12.1. The quantitative estimate of drug-likeness (QED) is 0.741. The largest absolute Gasteiger partial charge is 0.379 e. The predicted molar refractivity (Wildman–Crippen MR) is 78.1 cm³/mol. The highest BCUT2D eigenvalue weighted by atomic mass is 16.5. The summed E-state index contributed by atoms with van der Waals surface area (Å²) in [5, 5.41) is 11.9. The monoisotopic (exact) mass is 274 g/mol. The third kappa shape index (κ3) is 5.85. The molecule has 0 aliphatic carbocycles. The number of benzene rings is 1. The first-order chi connectivity index (χ1) is 9.65. The van der Waals surface area contributed by atoms with Gasteiger partial charge in [0, 0.05) is 13.2 Å². The number of rotatable bonds is 8. The van der Waals surface area contributed by atoms with Crippen LogP contribution in [0.15, 0.2) is 30.3 Å². The van der Waals surface area contributed by atoms with Gasteiger partial charge in [-0.15, -0.1) is 0 Å². The van der Waals surface area contributed by atoms with Crippen molar-refractivity contribution >= 4 is 5.91 Å². The van der Waals surface area contributed by atoms with E-state index in [2.05, 4.69) is 5.32 Å². The van der Waals surface area contributed by atoms with Crippen LogP contribution in [0.3, 0.4) is 0 Å². The van der Waals surface area contributed by atoms with Gasteiger partial charge in [-0.25, -0.2) is 0 Å². The van der Waals surface area contributed by atoms with E-state index < -0.39 is 5.92 Å². The van der Waals surface area contributed by atoms with Gasteiger partial charge in [-0.1, -0.05) is 30.3 Å². The van der Waals surface area contributed by atoms with Crippen molar-refractivity contribution in [1.29, 1.82) is 5.26 Å². The van der Waals surface area contributed by atoms with Gasteiger partial charge >= 0.3 is 0 Å². The van der Waals surface area contributed by atoms with Crippen LogP contribution in [0, 0.1) is 11.3 Å². The van der Waals surface area contributed by atoms with Gasteiger partial charge in [-0.05, 0) is 32.3 Å². The number of nitrogens with zero attached hydrogens (tertiary/aromatic N) is 1. The SMILES string of the molecule is CC(C)OCCCCNC(=O)C(C#N)c1ccccc1. The lowest BCUT2D eigenvalue weighted by molar-refractivity contribution is -0.121. The Morgan fingerprint density at radius 3 is 2.60 bits per heavy atom. The fraction of sp³-hybridized carbons (Fsp3) is 0.500. The number of carbonyl (C=O) groups excluding carboxylic acids is 1. The van der Waals surface area contributed by atoms with E-state index in [-0.39, 0.29) is 12.0 Å². The maximum absolute atomic E-state index is 12.0. The highest BCUT2D eigenvalue weighted by Crippen LogP contribution is 2.14. The zero-order valence-corrected chi connectivity index (χ0v) is 12.1.